The molecule has 0 spiro atoms. The molecule has 32 heavy (non-hydrogen) atoms. The number of non-ortho nitro benzene ring substituents is 1. The highest BCUT2D eigenvalue weighted by Gasteiger charge is 2.18. The molecule has 0 saturated carbocycles. The Hall–Kier alpha value is -3.22. The van der Waals surface area contributed by atoms with Gasteiger partial charge in [-0.2, -0.15) is 0 Å². The molecule has 3 aromatic carbocycles. The highest BCUT2D eigenvalue weighted by atomic mass is 16.6. The van der Waals surface area contributed by atoms with E-state index in [-0.39, 0.29) is 10.6 Å². The molecule has 0 bridgehead atoms. The number of rotatable bonds is 6. The third kappa shape index (κ3) is 3.99. The minimum atomic E-state index is -0.347. The van der Waals surface area contributed by atoms with Crippen molar-refractivity contribution in [3.8, 4) is 0 Å². The lowest BCUT2D eigenvalue weighted by Crippen LogP contribution is -2.45. The lowest BCUT2D eigenvalue weighted by molar-refractivity contribution is -0.384. The minimum absolute atomic E-state index is 0.151. The van der Waals surface area contributed by atoms with Gasteiger partial charge in [0.25, 0.3) is 5.69 Å². The Morgan fingerprint density at radius 1 is 0.781 bits per heavy atom. The molecule has 0 aliphatic carbocycles. The Morgan fingerprint density at radius 3 is 2.03 bits per heavy atom. The summed E-state index contributed by atoms with van der Waals surface area (Å²) < 4.78 is 2.39. The van der Waals surface area contributed by atoms with Crippen LogP contribution in [0.5, 0.6) is 0 Å². The van der Waals surface area contributed by atoms with Crippen LogP contribution in [0.2, 0.25) is 0 Å². The third-order valence-electron chi connectivity index (χ3n) is 6.58. The maximum absolute atomic E-state index is 10.8. The number of aryl methyl sites for hydroxylation is 1. The summed E-state index contributed by atoms with van der Waals surface area (Å²) in [6.07, 6.45) is 0. The summed E-state index contributed by atoms with van der Waals surface area (Å²) in [5.41, 5.74) is 5.26. The molecule has 5 rings (SSSR count). The number of aromatic nitrogens is 1. The SMILES string of the molecule is CCn1c2ccccc2c2cc(CN3CCN(Cc4ccc([N+](=O)[O-])cc4)CC3)ccc21. The van der Waals surface area contributed by atoms with Crippen LogP contribution in [0.15, 0.2) is 66.7 Å². The maximum Gasteiger partial charge on any atom is 0.269 e. The van der Waals surface area contributed by atoms with Crippen LogP contribution in [-0.4, -0.2) is 45.5 Å². The Labute approximate surface area is 187 Å². The summed E-state index contributed by atoms with van der Waals surface area (Å²) in [5, 5.41) is 13.5. The van der Waals surface area contributed by atoms with E-state index in [1.807, 2.05) is 12.1 Å². The first kappa shape index (κ1) is 20.7. The fourth-order valence-corrected chi connectivity index (χ4v) is 4.88. The second-order valence-corrected chi connectivity index (χ2v) is 8.59. The summed E-state index contributed by atoms with van der Waals surface area (Å²) in [6.45, 7) is 9.06. The number of nitrogens with zero attached hydrogens (tertiary/aromatic N) is 4. The normalized spacial score (nSPS) is 15.5. The second kappa shape index (κ2) is 8.73. The van der Waals surface area contributed by atoms with E-state index in [1.54, 1.807) is 12.1 Å². The molecule has 1 fully saturated rings. The molecule has 0 N–H and O–H groups in total. The van der Waals surface area contributed by atoms with Gasteiger partial charge in [-0.3, -0.25) is 19.9 Å². The predicted octanol–water partition coefficient (Wildman–Crippen LogP) is 5.04. The van der Waals surface area contributed by atoms with Gasteiger partial charge in [-0.25, -0.2) is 0 Å². The number of hydrogen-bond acceptors (Lipinski definition) is 4. The standard InChI is InChI=1S/C26H28N4O2/c1-2-29-25-6-4-3-5-23(25)24-17-21(9-12-26(24)29)19-28-15-13-27(14-16-28)18-20-7-10-22(11-8-20)30(31)32/h3-12,17H,2,13-16,18-19H2,1H3. The fraction of sp³-hybridized carbons (Fsp3) is 0.308. The predicted molar refractivity (Wildman–Crippen MR) is 129 cm³/mol. The quantitative estimate of drug-likeness (QED) is 0.319. The largest absolute Gasteiger partial charge is 0.341 e. The second-order valence-electron chi connectivity index (χ2n) is 8.59. The van der Waals surface area contributed by atoms with Gasteiger partial charge in [0.15, 0.2) is 0 Å². The van der Waals surface area contributed by atoms with Gasteiger partial charge < -0.3 is 4.57 Å². The molecule has 0 atom stereocenters. The van der Waals surface area contributed by atoms with Crippen LogP contribution >= 0.6 is 0 Å². The zero-order chi connectivity index (χ0) is 22.1. The van der Waals surface area contributed by atoms with Gasteiger partial charge in [0.05, 0.1) is 4.92 Å². The Kier molecular flexibility index (Phi) is 5.64. The third-order valence-corrected chi connectivity index (χ3v) is 6.58. The Bertz CT molecular complexity index is 1250. The van der Waals surface area contributed by atoms with Crippen LogP contribution in [0.4, 0.5) is 5.69 Å². The van der Waals surface area contributed by atoms with Crippen LogP contribution in [-0.2, 0) is 19.6 Å². The van der Waals surface area contributed by atoms with Crippen molar-refractivity contribution in [2.75, 3.05) is 26.2 Å². The number of piperazine rings is 1. The Balaban J connectivity index is 1.24. The zero-order valence-corrected chi connectivity index (χ0v) is 18.4. The van der Waals surface area contributed by atoms with Gasteiger partial charge in [0.2, 0.25) is 0 Å². The molecule has 2 heterocycles. The van der Waals surface area contributed by atoms with Crippen molar-refractivity contribution in [3.63, 3.8) is 0 Å². The zero-order valence-electron chi connectivity index (χ0n) is 18.4. The maximum atomic E-state index is 10.8. The molecule has 1 aliphatic heterocycles. The molecular weight excluding hydrogens is 400 g/mol. The molecule has 6 nitrogen and oxygen atoms in total. The summed E-state index contributed by atoms with van der Waals surface area (Å²) in [6, 6.07) is 22.5. The van der Waals surface area contributed by atoms with E-state index in [2.05, 4.69) is 63.8 Å². The smallest absolute Gasteiger partial charge is 0.269 e. The van der Waals surface area contributed by atoms with Crippen molar-refractivity contribution >= 4 is 27.5 Å². The van der Waals surface area contributed by atoms with Crippen molar-refractivity contribution in [2.45, 2.75) is 26.6 Å². The number of para-hydroxylation sites is 1. The number of nitro groups is 1. The van der Waals surface area contributed by atoms with Crippen molar-refractivity contribution < 1.29 is 4.92 Å². The van der Waals surface area contributed by atoms with E-state index in [0.717, 1.165) is 51.4 Å². The molecule has 1 aliphatic rings. The Morgan fingerprint density at radius 2 is 1.38 bits per heavy atom. The average Bonchev–Trinajstić information content (AvgIpc) is 3.14. The molecule has 1 aromatic heterocycles. The lowest BCUT2D eigenvalue weighted by atomic mass is 10.1. The van der Waals surface area contributed by atoms with Crippen LogP contribution in [0.1, 0.15) is 18.1 Å². The van der Waals surface area contributed by atoms with Crippen LogP contribution in [0.3, 0.4) is 0 Å². The highest BCUT2D eigenvalue weighted by molar-refractivity contribution is 6.08. The molecule has 0 unspecified atom stereocenters. The van der Waals surface area contributed by atoms with Crippen molar-refractivity contribution in [3.05, 3.63) is 88.0 Å². The van der Waals surface area contributed by atoms with Gasteiger partial charge in [-0.15, -0.1) is 0 Å². The monoisotopic (exact) mass is 428 g/mol. The molecule has 1 saturated heterocycles. The number of fused-ring (bicyclic) bond motifs is 3. The summed E-state index contributed by atoms with van der Waals surface area (Å²) in [4.78, 5) is 15.4. The highest BCUT2D eigenvalue weighted by Crippen LogP contribution is 2.30. The first-order chi connectivity index (χ1) is 15.6. The van der Waals surface area contributed by atoms with E-state index in [0.29, 0.717) is 0 Å². The minimum Gasteiger partial charge on any atom is -0.341 e. The van der Waals surface area contributed by atoms with Gasteiger partial charge >= 0.3 is 0 Å². The van der Waals surface area contributed by atoms with E-state index < -0.39 is 0 Å². The van der Waals surface area contributed by atoms with Crippen molar-refractivity contribution in [2.24, 2.45) is 0 Å². The topological polar surface area (TPSA) is 54.5 Å². The summed E-state index contributed by atoms with van der Waals surface area (Å²) in [5.74, 6) is 0. The summed E-state index contributed by atoms with van der Waals surface area (Å²) >= 11 is 0. The molecular formula is C26H28N4O2. The number of hydrogen-bond donors (Lipinski definition) is 0. The molecule has 4 aromatic rings. The average molecular weight is 429 g/mol. The van der Waals surface area contributed by atoms with Gasteiger partial charge in [0, 0.05) is 79.8 Å². The molecule has 0 radical (unpaired) electrons. The van der Waals surface area contributed by atoms with Crippen LogP contribution < -0.4 is 0 Å². The molecule has 6 heteroatoms. The van der Waals surface area contributed by atoms with Gasteiger partial charge in [-0.1, -0.05) is 36.4 Å². The van der Waals surface area contributed by atoms with Crippen LogP contribution in [0.25, 0.3) is 21.8 Å². The first-order valence-corrected chi connectivity index (χ1v) is 11.3. The van der Waals surface area contributed by atoms with E-state index >= 15 is 0 Å². The summed E-state index contributed by atoms with van der Waals surface area (Å²) in [7, 11) is 0. The number of nitro benzene ring substituents is 1. The van der Waals surface area contributed by atoms with Crippen LogP contribution in [0, 0.1) is 10.1 Å². The number of benzene rings is 3. The van der Waals surface area contributed by atoms with Crippen molar-refractivity contribution in [1.29, 1.82) is 0 Å². The van der Waals surface area contributed by atoms with E-state index in [4.69, 9.17) is 0 Å². The molecule has 164 valence electrons. The molecule has 0 amide bonds. The van der Waals surface area contributed by atoms with Gasteiger partial charge in [-0.05, 0) is 36.2 Å². The lowest BCUT2D eigenvalue weighted by Gasteiger charge is -2.34. The first-order valence-electron chi connectivity index (χ1n) is 11.3. The van der Waals surface area contributed by atoms with E-state index in [9.17, 15) is 10.1 Å². The fourth-order valence-electron chi connectivity index (χ4n) is 4.88. The van der Waals surface area contributed by atoms with Crippen molar-refractivity contribution in [1.82, 2.24) is 14.4 Å². The van der Waals surface area contributed by atoms with E-state index in [1.165, 1.54) is 27.4 Å². The van der Waals surface area contributed by atoms with Gasteiger partial charge in [0.1, 0.15) is 0 Å².